The number of ether oxygens (including phenoxy) is 1. The summed E-state index contributed by atoms with van der Waals surface area (Å²) >= 11 is 0. The Morgan fingerprint density at radius 3 is 2.33 bits per heavy atom. The van der Waals surface area contributed by atoms with Gasteiger partial charge in [0.2, 0.25) is 11.8 Å². The molecular weight excluding hydrogens is 586 g/mol. The average Bonchev–Trinajstić information content (AvgIpc) is 3.76. The first-order valence-corrected chi connectivity index (χ1v) is 15.2. The van der Waals surface area contributed by atoms with E-state index in [1.807, 2.05) is 60.7 Å². The van der Waals surface area contributed by atoms with E-state index >= 15 is 0 Å². The fraction of sp³-hybridized carbons (Fsp3) is 0.257. The topological polar surface area (TPSA) is 139 Å². The second-order valence-electron chi connectivity index (χ2n) is 11.9. The van der Waals surface area contributed by atoms with Crippen LogP contribution in [-0.2, 0) is 27.9 Å². The highest BCUT2D eigenvalue weighted by atomic mass is 16.5. The smallest absolute Gasteiger partial charge is 0.325 e. The number of amides is 2. The fourth-order valence-corrected chi connectivity index (χ4v) is 7.26. The molecule has 4 unspecified atom stereocenters. The van der Waals surface area contributed by atoms with Gasteiger partial charge in [-0.25, -0.2) is 4.68 Å². The predicted molar refractivity (Wildman–Crippen MR) is 170 cm³/mol. The van der Waals surface area contributed by atoms with Crippen molar-refractivity contribution >= 4 is 28.7 Å². The molecule has 0 saturated carbocycles. The van der Waals surface area contributed by atoms with Gasteiger partial charge in [0.25, 0.3) is 5.56 Å². The maximum absolute atomic E-state index is 14.2. The van der Waals surface area contributed by atoms with Gasteiger partial charge in [0.05, 0.1) is 35.7 Å². The van der Waals surface area contributed by atoms with Gasteiger partial charge in [0.15, 0.2) is 0 Å². The van der Waals surface area contributed by atoms with Crippen molar-refractivity contribution in [2.45, 2.75) is 24.9 Å². The molecule has 2 aliphatic rings. The number of carboxylic acid groups (broad SMARTS) is 1. The van der Waals surface area contributed by atoms with Crippen LogP contribution in [0, 0.1) is 18.8 Å². The van der Waals surface area contributed by atoms with Crippen LogP contribution in [0.3, 0.4) is 0 Å². The van der Waals surface area contributed by atoms with Crippen LogP contribution in [0.25, 0.3) is 16.6 Å². The van der Waals surface area contributed by atoms with Gasteiger partial charge in [-0.15, -0.1) is 0 Å². The number of hydrogen-bond donors (Lipinski definition) is 3. The van der Waals surface area contributed by atoms with Gasteiger partial charge in [0.1, 0.15) is 17.9 Å². The van der Waals surface area contributed by atoms with Crippen LogP contribution in [-0.4, -0.2) is 60.8 Å². The van der Waals surface area contributed by atoms with Gasteiger partial charge < -0.3 is 14.8 Å². The van der Waals surface area contributed by atoms with Gasteiger partial charge in [0, 0.05) is 36.3 Å². The Kier molecular flexibility index (Phi) is 7.12. The number of para-hydroxylation sites is 3. The van der Waals surface area contributed by atoms with Crippen molar-refractivity contribution < 1.29 is 24.2 Å². The molecule has 2 fully saturated rings. The molecule has 4 atom stereocenters. The molecule has 2 saturated heterocycles. The summed E-state index contributed by atoms with van der Waals surface area (Å²) in [6, 6.07) is 24.6. The minimum atomic E-state index is -1.88. The molecule has 0 radical (unpaired) electrons. The van der Waals surface area contributed by atoms with Gasteiger partial charge >= 0.3 is 5.97 Å². The Hall–Kier alpha value is -5.42. The van der Waals surface area contributed by atoms with E-state index in [1.165, 1.54) is 4.68 Å². The van der Waals surface area contributed by atoms with E-state index < -0.39 is 41.2 Å². The molecule has 0 bridgehead atoms. The molecule has 5 aromatic rings. The lowest BCUT2D eigenvalue weighted by molar-refractivity contribution is -0.151. The Morgan fingerprint density at radius 1 is 0.935 bits per heavy atom. The molecule has 7 rings (SSSR count). The van der Waals surface area contributed by atoms with Gasteiger partial charge in [-0.2, -0.15) is 0 Å². The summed E-state index contributed by atoms with van der Waals surface area (Å²) in [5, 5.41) is 15.0. The standard InChI is InChI=1S/C35H33N5O6/c1-21-27(32(42)40(38(21)2)23-11-5-3-6-12-23)30-28-29(33(43)39(31(28)41)17-18-46-24-13-7-4-8-14-24)35(37-30,34(44)45)19-22-20-36-26-16-10-9-15-25(22)26/h3-16,20,28-30,36-37H,17-19H2,1-2H3,(H,44,45). The first kappa shape index (κ1) is 29.3. The van der Waals surface area contributed by atoms with Crippen molar-refractivity contribution in [2.75, 3.05) is 13.2 Å². The summed E-state index contributed by atoms with van der Waals surface area (Å²) in [5.74, 6) is -4.20. The molecule has 11 heteroatoms. The van der Waals surface area contributed by atoms with Gasteiger partial charge in [-0.1, -0.05) is 54.6 Å². The number of H-pyrrole nitrogens is 1. The average molecular weight is 620 g/mol. The van der Waals surface area contributed by atoms with E-state index in [0.29, 0.717) is 22.7 Å². The molecule has 46 heavy (non-hydrogen) atoms. The van der Waals surface area contributed by atoms with E-state index in [2.05, 4.69) is 10.3 Å². The largest absolute Gasteiger partial charge is 0.492 e. The van der Waals surface area contributed by atoms with E-state index in [9.17, 15) is 24.3 Å². The number of aromatic nitrogens is 3. The highest BCUT2D eigenvalue weighted by molar-refractivity contribution is 6.09. The van der Waals surface area contributed by atoms with Crippen LogP contribution in [0.15, 0.2) is 95.9 Å². The SMILES string of the molecule is Cc1c(C2NC(Cc3c[nH]c4ccccc34)(C(=O)O)C3C(=O)N(CCOc4ccccc4)C(=O)C23)c(=O)n(-c2ccccc2)n1C. The molecule has 2 amide bonds. The van der Waals surface area contributed by atoms with Crippen LogP contribution >= 0.6 is 0 Å². The fourth-order valence-electron chi connectivity index (χ4n) is 7.26. The van der Waals surface area contributed by atoms with E-state index in [4.69, 9.17) is 4.74 Å². The highest BCUT2D eigenvalue weighted by Crippen LogP contribution is 2.50. The quantitative estimate of drug-likeness (QED) is 0.215. The summed E-state index contributed by atoms with van der Waals surface area (Å²) in [5.41, 5.74) is 0.674. The third-order valence-electron chi connectivity index (χ3n) is 9.51. The summed E-state index contributed by atoms with van der Waals surface area (Å²) in [4.78, 5) is 60.4. The number of benzene rings is 3. The van der Waals surface area contributed by atoms with Crippen LogP contribution in [0.4, 0.5) is 0 Å². The molecule has 11 nitrogen and oxygen atoms in total. The molecule has 4 heterocycles. The number of imide groups is 1. The Balaban J connectivity index is 1.33. The predicted octanol–water partition coefficient (Wildman–Crippen LogP) is 3.36. The molecule has 0 aliphatic carbocycles. The monoisotopic (exact) mass is 619 g/mol. The number of aromatic amines is 1. The minimum Gasteiger partial charge on any atom is -0.492 e. The Morgan fingerprint density at radius 2 is 1.61 bits per heavy atom. The number of hydrogen-bond acceptors (Lipinski definition) is 6. The number of carboxylic acids is 1. The van der Waals surface area contributed by atoms with Crippen LogP contribution in [0.2, 0.25) is 0 Å². The van der Waals surface area contributed by atoms with Crippen molar-refractivity contribution in [3.05, 3.63) is 118 Å². The second kappa shape index (κ2) is 11.2. The molecule has 2 aliphatic heterocycles. The Labute approximate surface area is 264 Å². The van der Waals surface area contributed by atoms with Crippen LogP contribution < -0.4 is 15.6 Å². The Bertz CT molecular complexity index is 2030. The molecule has 0 spiro atoms. The number of likely N-dealkylation sites (tertiary alicyclic amines) is 1. The summed E-state index contributed by atoms with van der Waals surface area (Å²) in [6.45, 7) is 1.74. The first-order chi connectivity index (χ1) is 22.2. The lowest BCUT2D eigenvalue weighted by atomic mass is 9.76. The maximum atomic E-state index is 14.2. The number of carbonyl (C=O) groups is 3. The second-order valence-corrected chi connectivity index (χ2v) is 11.9. The summed E-state index contributed by atoms with van der Waals surface area (Å²) in [6.07, 6.45) is 1.65. The van der Waals surface area contributed by atoms with Crippen molar-refractivity contribution in [1.29, 1.82) is 0 Å². The highest BCUT2D eigenvalue weighted by Gasteiger charge is 2.69. The zero-order chi connectivity index (χ0) is 32.2. The number of nitrogens with zero attached hydrogens (tertiary/aromatic N) is 3. The zero-order valence-corrected chi connectivity index (χ0v) is 25.3. The zero-order valence-electron chi connectivity index (χ0n) is 25.3. The number of carbonyl (C=O) groups excluding carboxylic acids is 2. The van der Waals surface area contributed by atoms with Crippen molar-refractivity contribution in [3.63, 3.8) is 0 Å². The molecule has 3 N–H and O–H groups in total. The number of rotatable bonds is 9. The first-order valence-electron chi connectivity index (χ1n) is 15.2. The maximum Gasteiger partial charge on any atom is 0.325 e. The third-order valence-corrected chi connectivity index (χ3v) is 9.51. The molecule has 234 valence electrons. The third kappa shape index (κ3) is 4.46. The van der Waals surface area contributed by atoms with E-state index in [-0.39, 0.29) is 30.7 Å². The van der Waals surface area contributed by atoms with E-state index in [1.54, 1.807) is 49.1 Å². The van der Waals surface area contributed by atoms with E-state index in [0.717, 1.165) is 15.8 Å². The summed E-state index contributed by atoms with van der Waals surface area (Å²) < 4.78 is 8.98. The number of aliphatic carboxylic acids is 1. The lowest BCUT2D eigenvalue weighted by Crippen LogP contribution is -2.57. The number of fused-ring (bicyclic) bond motifs is 2. The number of nitrogens with one attached hydrogen (secondary N) is 2. The normalized spacial score (nSPS) is 22.5. The molecule has 2 aromatic heterocycles. The molecule has 3 aromatic carbocycles. The summed E-state index contributed by atoms with van der Waals surface area (Å²) in [7, 11) is 1.74. The van der Waals surface area contributed by atoms with Gasteiger partial charge in [-0.3, -0.25) is 34.1 Å². The van der Waals surface area contributed by atoms with Crippen molar-refractivity contribution in [3.8, 4) is 11.4 Å². The minimum absolute atomic E-state index is 0.0345. The molecular formula is C35H33N5O6. The lowest BCUT2D eigenvalue weighted by Gasteiger charge is -2.31. The van der Waals surface area contributed by atoms with Crippen molar-refractivity contribution in [1.82, 2.24) is 24.6 Å². The van der Waals surface area contributed by atoms with Crippen LogP contribution in [0.1, 0.15) is 22.9 Å². The van der Waals surface area contributed by atoms with Crippen LogP contribution in [0.5, 0.6) is 5.75 Å². The van der Waals surface area contributed by atoms with Crippen molar-refractivity contribution in [2.24, 2.45) is 18.9 Å². The van der Waals surface area contributed by atoms with Gasteiger partial charge in [-0.05, 0) is 42.8 Å².